The third kappa shape index (κ3) is 6.13. The van der Waals surface area contributed by atoms with Crippen LogP contribution in [0.15, 0.2) is 53.4 Å². The summed E-state index contributed by atoms with van der Waals surface area (Å²) in [6.45, 7) is 6.05. The van der Waals surface area contributed by atoms with Crippen LogP contribution in [0.5, 0.6) is 0 Å². The fourth-order valence-corrected chi connectivity index (χ4v) is 4.19. The van der Waals surface area contributed by atoms with E-state index < -0.39 is 21.9 Å². The molecule has 1 N–H and O–H groups in total. The second kappa shape index (κ2) is 10.2. The number of carbonyl (C=O) groups is 2. The molecule has 0 spiro atoms. The lowest BCUT2D eigenvalue weighted by molar-refractivity contribution is -0.124. The molecular formula is C21H26N2O5S. The summed E-state index contributed by atoms with van der Waals surface area (Å²) in [6, 6.07) is 13.3. The van der Waals surface area contributed by atoms with Gasteiger partial charge >= 0.3 is 5.97 Å². The molecule has 0 saturated heterocycles. The molecule has 29 heavy (non-hydrogen) atoms. The van der Waals surface area contributed by atoms with Gasteiger partial charge in [-0.05, 0) is 36.8 Å². The Labute approximate surface area is 171 Å². The van der Waals surface area contributed by atoms with Gasteiger partial charge in [-0.25, -0.2) is 13.2 Å². The molecule has 0 atom stereocenters. The van der Waals surface area contributed by atoms with Crippen molar-refractivity contribution in [2.75, 3.05) is 19.7 Å². The van der Waals surface area contributed by atoms with E-state index in [-0.39, 0.29) is 18.0 Å². The van der Waals surface area contributed by atoms with Gasteiger partial charge in [-0.15, -0.1) is 0 Å². The second-order valence-electron chi connectivity index (χ2n) is 6.46. The smallest absolute Gasteiger partial charge is 0.338 e. The Morgan fingerprint density at radius 3 is 2.28 bits per heavy atom. The van der Waals surface area contributed by atoms with E-state index in [1.165, 1.54) is 16.4 Å². The van der Waals surface area contributed by atoms with Crippen LogP contribution in [0.4, 0.5) is 0 Å². The predicted octanol–water partition coefficient (Wildman–Crippen LogP) is 2.50. The van der Waals surface area contributed by atoms with Crippen LogP contribution in [-0.2, 0) is 26.1 Å². The van der Waals surface area contributed by atoms with Gasteiger partial charge < -0.3 is 10.1 Å². The van der Waals surface area contributed by atoms with Gasteiger partial charge in [-0.1, -0.05) is 43.7 Å². The summed E-state index contributed by atoms with van der Waals surface area (Å²) in [5.41, 5.74) is 2.06. The van der Waals surface area contributed by atoms with Crippen LogP contribution in [0.25, 0.3) is 0 Å². The van der Waals surface area contributed by atoms with Crippen molar-refractivity contribution >= 4 is 21.9 Å². The number of esters is 1. The average Bonchev–Trinajstić information content (AvgIpc) is 2.71. The standard InChI is InChI=1S/C21H26N2O5S/c1-4-23(5-2)29(26,27)19-11-9-17(10-12-19)14-22-20(24)15-28-21(25)18-8-6-7-16(3)13-18/h6-13H,4-5,14-15H2,1-3H3,(H,22,24). The molecule has 0 aliphatic rings. The lowest BCUT2D eigenvalue weighted by Gasteiger charge is -2.18. The highest BCUT2D eigenvalue weighted by molar-refractivity contribution is 7.89. The molecule has 0 aromatic heterocycles. The molecule has 0 aliphatic carbocycles. The van der Waals surface area contributed by atoms with Crippen LogP contribution in [0, 0.1) is 6.92 Å². The number of ether oxygens (including phenoxy) is 1. The van der Waals surface area contributed by atoms with Gasteiger partial charge in [-0.3, -0.25) is 4.79 Å². The van der Waals surface area contributed by atoms with Crippen LogP contribution in [-0.4, -0.2) is 44.3 Å². The number of amides is 1. The average molecular weight is 419 g/mol. The van der Waals surface area contributed by atoms with Crippen LogP contribution >= 0.6 is 0 Å². The molecule has 1 amide bonds. The fourth-order valence-electron chi connectivity index (χ4n) is 2.73. The molecule has 2 aromatic rings. The number of sulfonamides is 1. The van der Waals surface area contributed by atoms with Gasteiger partial charge in [0, 0.05) is 19.6 Å². The van der Waals surface area contributed by atoms with Gasteiger partial charge in [0.2, 0.25) is 10.0 Å². The zero-order chi connectivity index (χ0) is 21.4. The summed E-state index contributed by atoms with van der Waals surface area (Å²) in [4.78, 5) is 24.1. The number of benzene rings is 2. The van der Waals surface area contributed by atoms with Gasteiger partial charge in [0.15, 0.2) is 6.61 Å². The Morgan fingerprint density at radius 1 is 1.03 bits per heavy atom. The van der Waals surface area contributed by atoms with Crippen molar-refractivity contribution < 1.29 is 22.7 Å². The third-order valence-electron chi connectivity index (χ3n) is 4.34. The summed E-state index contributed by atoms with van der Waals surface area (Å²) in [7, 11) is -3.51. The Balaban J connectivity index is 1.86. The van der Waals surface area contributed by atoms with Gasteiger partial charge in [-0.2, -0.15) is 4.31 Å². The maximum Gasteiger partial charge on any atom is 0.338 e. The molecule has 0 radical (unpaired) electrons. The number of carbonyl (C=O) groups excluding carboxylic acids is 2. The number of nitrogens with one attached hydrogen (secondary N) is 1. The minimum atomic E-state index is -3.51. The zero-order valence-corrected chi connectivity index (χ0v) is 17.7. The van der Waals surface area contributed by atoms with Crippen LogP contribution < -0.4 is 5.32 Å². The van der Waals surface area contributed by atoms with E-state index in [9.17, 15) is 18.0 Å². The SMILES string of the molecule is CCN(CC)S(=O)(=O)c1ccc(CNC(=O)COC(=O)c2cccc(C)c2)cc1. The van der Waals surface area contributed by atoms with Crippen molar-refractivity contribution in [1.82, 2.24) is 9.62 Å². The van der Waals surface area contributed by atoms with Crippen molar-refractivity contribution in [3.63, 3.8) is 0 Å². The Hall–Kier alpha value is -2.71. The summed E-state index contributed by atoms with van der Waals surface area (Å²) in [5, 5.41) is 2.64. The largest absolute Gasteiger partial charge is 0.452 e. The zero-order valence-electron chi connectivity index (χ0n) is 16.8. The Morgan fingerprint density at radius 2 is 1.69 bits per heavy atom. The topological polar surface area (TPSA) is 92.8 Å². The van der Waals surface area contributed by atoms with Crippen molar-refractivity contribution in [2.24, 2.45) is 0 Å². The van der Waals surface area contributed by atoms with E-state index in [4.69, 9.17) is 4.74 Å². The van der Waals surface area contributed by atoms with Gasteiger partial charge in [0.25, 0.3) is 5.91 Å². The quantitative estimate of drug-likeness (QED) is 0.632. The maximum atomic E-state index is 12.5. The van der Waals surface area contributed by atoms with E-state index >= 15 is 0 Å². The molecule has 0 saturated carbocycles. The summed E-state index contributed by atoms with van der Waals surface area (Å²) < 4.78 is 31.3. The first-order chi connectivity index (χ1) is 13.8. The Bertz CT molecular complexity index is 951. The highest BCUT2D eigenvalue weighted by Gasteiger charge is 2.21. The lowest BCUT2D eigenvalue weighted by Crippen LogP contribution is -2.30. The highest BCUT2D eigenvalue weighted by Crippen LogP contribution is 2.16. The van der Waals surface area contributed by atoms with Crippen LogP contribution in [0.1, 0.15) is 35.3 Å². The van der Waals surface area contributed by atoms with E-state index in [1.807, 2.05) is 13.0 Å². The van der Waals surface area contributed by atoms with Gasteiger partial charge in [0.05, 0.1) is 10.5 Å². The van der Waals surface area contributed by atoms with Crippen molar-refractivity contribution in [2.45, 2.75) is 32.2 Å². The van der Waals surface area contributed by atoms with E-state index in [2.05, 4.69) is 5.32 Å². The number of rotatable bonds is 9. The van der Waals surface area contributed by atoms with E-state index in [0.717, 1.165) is 11.1 Å². The van der Waals surface area contributed by atoms with Crippen molar-refractivity contribution in [3.05, 3.63) is 65.2 Å². The second-order valence-corrected chi connectivity index (χ2v) is 8.39. The van der Waals surface area contributed by atoms with Crippen molar-refractivity contribution in [3.8, 4) is 0 Å². The highest BCUT2D eigenvalue weighted by atomic mass is 32.2. The molecule has 2 rings (SSSR count). The van der Waals surface area contributed by atoms with Crippen LogP contribution in [0.3, 0.4) is 0 Å². The van der Waals surface area contributed by atoms with E-state index in [1.54, 1.807) is 44.2 Å². The third-order valence-corrected chi connectivity index (χ3v) is 6.41. The fraction of sp³-hybridized carbons (Fsp3) is 0.333. The molecule has 0 fully saturated rings. The molecular weight excluding hydrogens is 392 g/mol. The first-order valence-corrected chi connectivity index (χ1v) is 10.8. The molecule has 0 bridgehead atoms. The minimum Gasteiger partial charge on any atom is -0.452 e. The number of aryl methyl sites for hydroxylation is 1. The first-order valence-electron chi connectivity index (χ1n) is 9.37. The molecule has 8 heteroatoms. The molecule has 2 aromatic carbocycles. The summed E-state index contributed by atoms with van der Waals surface area (Å²) in [5.74, 6) is -0.999. The Kier molecular flexibility index (Phi) is 7.92. The molecule has 0 heterocycles. The minimum absolute atomic E-state index is 0.201. The molecule has 7 nitrogen and oxygen atoms in total. The van der Waals surface area contributed by atoms with Gasteiger partial charge in [0.1, 0.15) is 0 Å². The predicted molar refractivity (Wildman–Crippen MR) is 110 cm³/mol. The first kappa shape index (κ1) is 22.6. The normalized spacial score (nSPS) is 11.3. The van der Waals surface area contributed by atoms with Crippen molar-refractivity contribution in [1.29, 1.82) is 0 Å². The molecule has 0 unspecified atom stereocenters. The lowest BCUT2D eigenvalue weighted by atomic mass is 10.1. The van der Waals surface area contributed by atoms with Crippen LogP contribution in [0.2, 0.25) is 0 Å². The number of nitrogens with zero attached hydrogens (tertiary/aromatic N) is 1. The monoisotopic (exact) mass is 418 g/mol. The number of hydrogen-bond donors (Lipinski definition) is 1. The summed E-state index contributed by atoms with van der Waals surface area (Å²) >= 11 is 0. The molecule has 156 valence electrons. The maximum absolute atomic E-state index is 12.5. The number of hydrogen-bond acceptors (Lipinski definition) is 5. The summed E-state index contributed by atoms with van der Waals surface area (Å²) in [6.07, 6.45) is 0. The molecule has 0 aliphatic heterocycles. The van der Waals surface area contributed by atoms with E-state index in [0.29, 0.717) is 18.7 Å².